The van der Waals surface area contributed by atoms with Crippen molar-refractivity contribution in [1.82, 2.24) is 9.55 Å². The highest BCUT2D eigenvalue weighted by Crippen LogP contribution is 2.35. The maximum Gasteiger partial charge on any atom is 0.348 e. The molecule has 3 heterocycles. The molecule has 31 heavy (non-hydrogen) atoms. The van der Waals surface area contributed by atoms with Crippen LogP contribution in [0.2, 0.25) is 0 Å². The van der Waals surface area contributed by atoms with Gasteiger partial charge < -0.3 is 14.8 Å². The molecule has 0 unspecified atom stereocenters. The zero-order chi connectivity index (χ0) is 22.9. The van der Waals surface area contributed by atoms with Crippen molar-refractivity contribution in [3.63, 3.8) is 0 Å². The topological polar surface area (TPSA) is 117 Å². The quantitative estimate of drug-likeness (QED) is 0.557. The van der Waals surface area contributed by atoms with Gasteiger partial charge in [0.05, 0.1) is 35.9 Å². The number of hydrogen-bond acceptors (Lipinski definition) is 9. The SMILES string of the molecule is CCOC(=O)c1sc(NC(=O)c2sc3ncn(CC)c(=O)c3c2C)c(C(=O)OC)c1C. The molecule has 0 fully saturated rings. The Morgan fingerprint density at radius 3 is 2.42 bits per heavy atom. The van der Waals surface area contributed by atoms with Crippen LogP contribution in [-0.2, 0) is 16.0 Å². The van der Waals surface area contributed by atoms with Crippen molar-refractivity contribution < 1.29 is 23.9 Å². The minimum Gasteiger partial charge on any atom is -0.465 e. The van der Waals surface area contributed by atoms with Crippen molar-refractivity contribution in [2.45, 2.75) is 34.2 Å². The molecule has 0 aliphatic carbocycles. The van der Waals surface area contributed by atoms with Crippen molar-refractivity contribution in [2.75, 3.05) is 19.0 Å². The van der Waals surface area contributed by atoms with E-state index in [0.29, 0.717) is 32.8 Å². The second kappa shape index (κ2) is 8.98. The van der Waals surface area contributed by atoms with Gasteiger partial charge in [0.2, 0.25) is 0 Å². The van der Waals surface area contributed by atoms with Crippen LogP contribution >= 0.6 is 22.7 Å². The standard InChI is InChI=1S/C20H21N3O6S2/c1-6-23-8-21-16-11(18(23)25)9(3)13(30-16)15(24)22-17-12(19(26)28-5)10(4)14(31-17)20(27)29-7-2/h8H,6-7H2,1-5H3,(H,22,24). The summed E-state index contributed by atoms with van der Waals surface area (Å²) < 4.78 is 11.3. The molecule has 0 aliphatic rings. The molecule has 3 aromatic rings. The second-order valence-corrected chi connectivity index (χ2v) is 8.52. The fourth-order valence-electron chi connectivity index (χ4n) is 3.10. The molecule has 3 rings (SSSR count). The van der Waals surface area contributed by atoms with Crippen LogP contribution in [0.25, 0.3) is 10.2 Å². The number of carbonyl (C=O) groups is 3. The van der Waals surface area contributed by atoms with Crippen LogP contribution < -0.4 is 10.9 Å². The lowest BCUT2D eigenvalue weighted by Crippen LogP contribution is -2.19. The number of carbonyl (C=O) groups excluding carboxylic acids is 3. The summed E-state index contributed by atoms with van der Waals surface area (Å²) in [6, 6.07) is 0. The molecule has 11 heteroatoms. The number of aromatic nitrogens is 2. The molecule has 1 amide bonds. The molecule has 0 bridgehead atoms. The van der Waals surface area contributed by atoms with Gasteiger partial charge in [-0.05, 0) is 38.8 Å². The van der Waals surface area contributed by atoms with E-state index in [-0.39, 0.29) is 27.6 Å². The van der Waals surface area contributed by atoms with Gasteiger partial charge in [-0.25, -0.2) is 14.6 Å². The number of rotatable bonds is 6. The molecule has 0 saturated heterocycles. The van der Waals surface area contributed by atoms with E-state index in [1.807, 2.05) is 6.92 Å². The Morgan fingerprint density at radius 2 is 1.81 bits per heavy atom. The number of ether oxygens (including phenoxy) is 2. The van der Waals surface area contributed by atoms with Gasteiger partial charge >= 0.3 is 11.9 Å². The zero-order valence-electron chi connectivity index (χ0n) is 17.7. The van der Waals surface area contributed by atoms with E-state index in [1.165, 1.54) is 18.0 Å². The Kier molecular flexibility index (Phi) is 6.56. The lowest BCUT2D eigenvalue weighted by Gasteiger charge is -2.05. The number of thiophene rings is 2. The number of amides is 1. The summed E-state index contributed by atoms with van der Waals surface area (Å²) >= 11 is 2.03. The summed E-state index contributed by atoms with van der Waals surface area (Å²) in [5, 5.41) is 3.26. The largest absolute Gasteiger partial charge is 0.465 e. The van der Waals surface area contributed by atoms with Crippen LogP contribution in [0.15, 0.2) is 11.1 Å². The minimum absolute atomic E-state index is 0.0918. The third-order valence-corrected chi connectivity index (χ3v) is 7.07. The first-order chi connectivity index (χ1) is 14.7. The van der Waals surface area contributed by atoms with E-state index in [2.05, 4.69) is 10.3 Å². The normalized spacial score (nSPS) is 10.9. The molecule has 0 saturated carbocycles. The van der Waals surface area contributed by atoms with Crippen molar-refractivity contribution >= 4 is 55.7 Å². The summed E-state index contributed by atoms with van der Waals surface area (Å²) in [5.74, 6) is -1.78. The molecule has 0 spiro atoms. The van der Waals surface area contributed by atoms with E-state index >= 15 is 0 Å². The molecule has 3 aromatic heterocycles. The zero-order valence-corrected chi connectivity index (χ0v) is 19.3. The number of aryl methyl sites for hydroxylation is 2. The Balaban J connectivity index is 2.05. The number of hydrogen-bond donors (Lipinski definition) is 1. The van der Waals surface area contributed by atoms with Gasteiger partial charge in [-0.15, -0.1) is 22.7 Å². The lowest BCUT2D eigenvalue weighted by molar-refractivity contribution is 0.0531. The summed E-state index contributed by atoms with van der Waals surface area (Å²) in [4.78, 5) is 55.5. The summed E-state index contributed by atoms with van der Waals surface area (Å²) in [6.45, 7) is 7.42. The molecular formula is C20H21N3O6S2. The maximum absolute atomic E-state index is 13.1. The third-order valence-electron chi connectivity index (χ3n) is 4.69. The van der Waals surface area contributed by atoms with Crippen LogP contribution in [0.3, 0.4) is 0 Å². The fraction of sp³-hybridized carbons (Fsp3) is 0.350. The first-order valence-corrected chi connectivity index (χ1v) is 11.1. The average molecular weight is 464 g/mol. The van der Waals surface area contributed by atoms with Gasteiger partial charge in [0, 0.05) is 6.54 Å². The molecule has 0 radical (unpaired) electrons. The molecule has 1 N–H and O–H groups in total. The fourth-order valence-corrected chi connectivity index (χ4v) is 5.22. The number of fused-ring (bicyclic) bond motifs is 1. The monoisotopic (exact) mass is 463 g/mol. The van der Waals surface area contributed by atoms with Gasteiger partial charge in [-0.1, -0.05) is 0 Å². The molecule has 9 nitrogen and oxygen atoms in total. The molecular weight excluding hydrogens is 442 g/mol. The van der Waals surface area contributed by atoms with Crippen LogP contribution in [0.5, 0.6) is 0 Å². The highest BCUT2D eigenvalue weighted by molar-refractivity contribution is 7.21. The van der Waals surface area contributed by atoms with Gasteiger partial charge in [-0.3, -0.25) is 14.2 Å². The van der Waals surface area contributed by atoms with Crippen molar-refractivity contribution in [3.05, 3.63) is 43.1 Å². The Morgan fingerprint density at radius 1 is 1.10 bits per heavy atom. The van der Waals surface area contributed by atoms with Gasteiger partial charge in [0.15, 0.2) is 0 Å². The summed E-state index contributed by atoms with van der Waals surface area (Å²) in [6.07, 6.45) is 1.45. The van der Waals surface area contributed by atoms with Crippen molar-refractivity contribution in [1.29, 1.82) is 0 Å². The Hall–Kier alpha value is -3.05. The predicted octanol–water partition coefficient (Wildman–Crippen LogP) is 3.37. The van der Waals surface area contributed by atoms with E-state index in [9.17, 15) is 19.2 Å². The maximum atomic E-state index is 13.1. The number of nitrogens with one attached hydrogen (secondary N) is 1. The molecule has 0 aromatic carbocycles. The molecule has 164 valence electrons. The van der Waals surface area contributed by atoms with Crippen LogP contribution in [0, 0.1) is 13.8 Å². The van der Waals surface area contributed by atoms with Gasteiger partial charge in [-0.2, -0.15) is 0 Å². The molecule has 0 atom stereocenters. The third kappa shape index (κ3) is 3.98. The number of methoxy groups -OCH3 is 1. The van der Waals surface area contributed by atoms with E-state index < -0.39 is 17.8 Å². The highest BCUT2D eigenvalue weighted by Gasteiger charge is 2.28. The van der Waals surface area contributed by atoms with Crippen LogP contribution in [0.1, 0.15) is 54.7 Å². The summed E-state index contributed by atoms with van der Waals surface area (Å²) in [5.41, 5.74) is 0.753. The van der Waals surface area contributed by atoms with Crippen molar-refractivity contribution in [3.8, 4) is 0 Å². The van der Waals surface area contributed by atoms with E-state index in [0.717, 1.165) is 22.7 Å². The van der Waals surface area contributed by atoms with Crippen molar-refractivity contribution in [2.24, 2.45) is 0 Å². The smallest absolute Gasteiger partial charge is 0.348 e. The van der Waals surface area contributed by atoms with Gasteiger partial charge in [0.1, 0.15) is 14.7 Å². The Labute approximate surface area is 185 Å². The van der Waals surface area contributed by atoms with E-state index in [4.69, 9.17) is 9.47 Å². The number of anilines is 1. The minimum atomic E-state index is -0.680. The second-order valence-electron chi connectivity index (χ2n) is 6.50. The van der Waals surface area contributed by atoms with Crippen LogP contribution in [0.4, 0.5) is 5.00 Å². The highest BCUT2D eigenvalue weighted by atomic mass is 32.1. The number of esters is 2. The summed E-state index contributed by atoms with van der Waals surface area (Å²) in [7, 11) is 1.22. The van der Waals surface area contributed by atoms with E-state index in [1.54, 1.807) is 20.8 Å². The number of nitrogens with zero attached hydrogens (tertiary/aromatic N) is 2. The average Bonchev–Trinajstić information content (AvgIpc) is 3.25. The van der Waals surface area contributed by atoms with Gasteiger partial charge in [0.25, 0.3) is 11.5 Å². The van der Waals surface area contributed by atoms with Crippen LogP contribution in [-0.4, -0.2) is 41.1 Å². The molecule has 0 aliphatic heterocycles. The lowest BCUT2D eigenvalue weighted by atomic mass is 10.1. The first-order valence-electron chi connectivity index (χ1n) is 9.43. The first kappa shape index (κ1) is 22.6. The predicted molar refractivity (Wildman–Crippen MR) is 119 cm³/mol. The Bertz CT molecular complexity index is 1250.